The van der Waals surface area contributed by atoms with Crippen molar-refractivity contribution in [1.82, 2.24) is 15.1 Å². The number of hydrogen-bond donors (Lipinski definition) is 1. The first-order valence-corrected chi connectivity index (χ1v) is 6.76. The van der Waals surface area contributed by atoms with Crippen LogP contribution in [-0.2, 0) is 13.5 Å². The Bertz CT molecular complexity index is 412. The fourth-order valence-electron chi connectivity index (χ4n) is 2.39. The van der Waals surface area contributed by atoms with E-state index in [1.807, 2.05) is 11.7 Å². The van der Waals surface area contributed by atoms with Crippen LogP contribution in [0.2, 0.25) is 0 Å². The molecule has 0 aliphatic carbocycles. The second kappa shape index (κ2) is 7.23. The quantitative estimate of drug-likeness (QED) is 0.750. The van der Waals surface area contributed by atoms with E-state index in [4.69, 9.17) is 6.42 Å². The Balaban J connectivity index is 2.58. The average molecular weight is 247 g/mol. The summed E-state index contributed by atoms with van der Waals surface area (Å²) in [6.45, 7) is 7.37. The van der Waals surface area contributed by atoms with Crippen molar-refractivity contribution in [3.8, 4) is 12.3 Å². The molecule has 100 valence electrons. The van der Waals surface area contributed by atoms with Crippen LogP contribution in [0.4, 0.5) is 0 Å². The van der Waals surface area contributed by atoms with Crippen molar-refractivity contribution in [2.45, 2.75) is 52.5 Å². The van der Waals surface area contributed by atoms with Gasteiger partial charge in [-0.15, -0.1) is 12.3 Å². The van der Waals surface area contributed by atoms with E-state index in [1.165, 1.54) is 11.3 Å². The molecule has 3 heteroatoms. The number of nitrogens with zero attached hydrogens (tertiary/aromatic N) is 2. The smallest absolute Gasteiger partial charge is 0.0628 e. The minimum atomic E-state index is 0.519. The molecule has 0 spiro atoms. The summed E-state index contributed by atoms with van der Waals surface area (Å²) < 4.78 is 1.97. The third kappa shape index (κ3) is 3.89. The van der Waals surface area contributed by atoms with Crippen molar-refractivity contribution in [1.29, 1.82) is 0 Å². The van der Waals surface area contributed by atoms with Crippen LogP contribution in [0.5, 0.6) is 0 Å². The van der Waals surface area contributed by atoms with E-state index in [0.29, 0.717) is 6.04 Å². The lowest BCUT2D eigenvalue weighted by Gasteiger charge is -2.16. The molecular formula is C15H25N3. The highest BCUT2D eigenvalue weighted by Crippen LogP contribution is 2.16. The van der Waals surface area contributed by atoms with Gasteiger partial charge in [-0.25, -0.2) is 0 Å². The summed E-state index contributed by atoms with van der Waals surface area (Å²) in [7, 11) is 2.01. The van der Waals surface area contributed by atoms with Gasteiger partial charge in [0.05, 0.1) is 5.69 Å². The summed E-state index contributed by atoms with van der Waals surface area (Å²) >= 11 is 0. The van der Waals surface area contributed by atoms with E-state index in [1.54, 1.807) is 0 Å². The topological polar surface area (TPSA) is 29.9 Å². The van der Waals surface area contributed by atoms with Crippen LogP contribution < -0.4 is 5.32 Å². The zero-order valence-electron chi connectivity index (χ0n) is 12.1. The Kier molecular flexibility index (Phi) is 5.94. The van der Waals surface area contributed by atoms with Crippen LogP contribution in [0, 0.1) is 26.2 Å². The predicted molar refractivity (Wildman–Crippen MR) is 76.5 cm³/mol. The van der Waals surface area contributed by atoms with Crippen molar-refractivity contribution >= 4 is 0 Å². The molecule has 0 aliphatic rings. The molecule has 0 saturated carbocycles. The summed E-state index contributed by atoms with van der Waals surface area (Å²) in [5.74, 6) is 2.73. The van der Waals surface area contributed by atoms with Crippen molar-refractivity contribution in [3.05, 3.63) is 17.0 Å². The van der Waals surface area contributed by atoms with Gasteiger partial charge in [0, 0.05) is 25.2 Å². The average Bonchev–Trinajstić information content (AvgIpc) is 2.58. The summed E-state index contributed by atoms with van der Waals surface area (Å²) in [4.78, 5) is 0. The zero-order chi connectivity index (χ0) is 13.5. The highest BCUT2D eigenvalue weighted by Gasteiger charge is 2.12. The lowest BCUT2D eigenvalue weighted by atomic mass is 10.0. The normalized spacial score (nSPS) is 12.4. The molecule has 0 aliphatic heterocycles. The van der Waals surface area contributed by atoms with E-state index in [0.717, 1.165) is 37.9 Å². The first kappa shape index (κ1) is 14.8. The van der Waals surface area contributed by atoms with Gasteiger partial charge in [0.2, 0.25) is 0 Å². The van der Waals surface area contributed by atoms with Gasteiger partial charge in [-0.2, -0.15) is 5.10 Å². The number of terminal acetylenes is 1. The van der Waals surface area contributed by atoms with Gasteiger partial charge in [-0.1, -0.05) is 6.92 Å². The first-order valence-electron chi connectivity index (χ1n) is 6.76. The Morgan fingerprint density at radius 2 is 2.11 bits per heavy atom. The minimum Gasteiger partial charge on any atom is -0.314 e. The van der Waals surface area contributed by atoms with Crippen molar-refractivity contribution < 1.29 is 0 Å². The summed E-state index contributed by atoms with van der Waals surface area (Å²) in [5.41, 5.74) is 3.82. The third-order valence-corrected chi connectivity index (χ3v) is 3.53. The highest BCUT2D eigenvalue weighted by atomic mass is 15.3. The summed E-state index contributed by atoms with van der Waals surface area (Å²) in [6.07, 6.45) is 9.45. The molecule has 0 amide bonds. The second-order valence-electron chi connectivity index (χ2n) is 4.81. The molecule has 1 N–H and O–H groups in total. The van der Waals surface area contributed by atoms with Crippen LogP contribution in [0.15, 0.2) is 0 Å². The molecular weight excluding hydrogens is 222 g/mol. The SMILES string of the molecule is C#CCCC(CCc1c(C)nn(C)c1C)NCC. The molecule has 1 unspecified atom stereocenters. The highest BCUT2D eigenvalue weighted by molar-refractivity contribution is 5.24. The number of aromatic nitrogens is 2. The number of rotatable bonds is 7. The van der Waals surface area contributed by atoms with Crippen LogP contribution in [0.25, 0.3) is 0 Å². The Hall–Kier alpha value is -1.27. The maximum absolute atomic E-state index is 5.34. The third-order valence-electron chi connectivity index (χ3n) is 3.53. The monoisotopic (exact) mass is 247 g/mol. The van der Waals surface area contributed by atoms with Gasteiger partial charge >= 0.3 is 0 Å². The zero-order valence-corrected chi connectivity index (χ0v) is 12.1. The lowest BCUT2D eigenvalue weighted by molar-refractivity contribution is 0.469. The van der Waals surface area contributed by atoms with E-state index in [9.17, 15) is 0 Å². The van der Waals surface area contributed by atoms with Gasteiger partial charge in [0.15, 0.2) is 0 Å². The second-order valence-corrected chi connectivity index (χ2v) is 4.81. The van der Waals surface area contributed by atoms with Crippen molar-refractivity contribution in [3.63, 3.8) is 0 Å². The van der Waals surface area contributed by atoms with Crippen LogP contribution in [0.1, 0.15) is 43.1 Å². The van der Waals surface area contributed by atoms with Crippen LogP contribution in [-0.4, -0.2) is 22.4 Å². The van der Waals surface area contributed by atoms with Crippen LogP contribution in [0.3, 0.4) is 0 Å². The maximum Gasteiger partial charge on any atom is 0.0628 e. The molecule has 1 rings (SSSR count). The summed E-state index contributed by atoms with van der Waals surface area (Å²) in [5, 5.41) is 7.97. The van der Waals surface area contributed by atoms with E-state index < -0.39 is 0 Å². The molecule has 0 bridgehead atoms. The minimum absolute atomic E-state index is 0.519. The van der Waals surface area contributed by atoms with E-state index >= 15 is 0 Å². The van der Waals surface area contributed by atoms with Crippen molar-refractivity contribution in [2.24, 2.45) is 7.05 Å². The first-order chi connectivity index (χ1) is 8.60. The van der Waals surface area contributed by atoms with Gasteiger partial charge in [0.1, 0.15) is 0 Å². The molecule has 0 fully saturated rings. The van der Waals surface area contributed by atoms with E-state index in [-0.39, 0.29) is 0 Å². The standard InChI is InChI=1S/C15H25N3/c1-6-8-9-14(16-7-2)10-11-15-12(3)17-18(5)13(15)4/h1,14,16H,7-11H2,2-5H3. The summed E-state index contributed by atoms with van der Waals surface area (Å²) in [6, 6.07) is 0.519. The fourth-order valence-corrected chi connectivity index (χ4v) is 2.39. The Morgan fingerprint density at radius 3 is 2.61 bits per heavy atom. The van der Waals surface area contributed by atoms with Crippen molar-refractivity contribution in [2.75, 3.05) is 6.54 Å². The molecule has 0 saturated heterocycles. The molecule has 1 heterocycles. The predicted octanol–water partition coefficient (Wildman–Crippen LogP) is 2.36. The van der Waals surface area contributed by atoms with Gasteiger partial charge in [-0.05, 0) is 45.2 Å². The Labute approximate surface area is 111 Å². The molecule has 1 aromatic heterocycles. The molecule has 0 aromatic carbocycles. The number of aryl methyl sites for hydroxylation is 2. The molecule has 18 heavy (non-hydrogen) atoms. The van der Waals surface area contributed by atoms with Gasteiger partial charge in [0.25, 0.3) is 0 Å². The maximum atomic E-state index is 5.34. The van der Waals surface area contributed by atoms with E-state index in [2.05, 4.69) is 37.1 Å². The largest absolute Gasteiger partial charge is 0.314 e. The fraction of sp³-hybridized carbons (Fsp3) is 0.667. The lowest BCUT2D eigenvalue weighted by Crippen LogP contribution is -2.29. The molecule has 3 nitrogen and oxygen atoms in total. The number of hydrogen-bond acceptors (Lipinski definition) is 2. The number of nitrogens with one attached hydrogen (secondary N) is 1. The Morgan fingerprint density at radius 1 is 1.39 bits per heavy atom. The molecule has 1 aromatic rings. The van der Waals surface area contributed by atoms with Gasteiger partial charge < -0.3 is 5.32 Å². The molecule has 1 atom stereocenters. The van der Waals surface area contributed by atoms with Gasteiger partial charge in [-0.3, -0.25) is 4.68 Å². The van der Waals surface area contributed by atoms with Crippen LogP contribution >= 0.6 is 0 Å². The molecule has 0 radical (unpaired) electrons.